The first-order valence-corrected chi connectivity index (χ1v) is 38.5. The van der Waals surface area contributed by atoms with Gasteiger partial charge in [-0.2, -0.15) is 4.98 Å². The predicted molar refractivity (Wildman–Crippen MR) is 404 cm³/mol. The smallest absolute Gasteiger partial charge is 0.407 e. The molecule has 6 heterocycles. The highest BCUT2D eigenvalue weighted by Gasteiger charge is 2.53. The van der Waals surface area contributed by atoms with Crippen molar-refractivity contribution in [3.05, 3.63) is 77.3 Å². The van der Waals surface area contributed by atoms with E-state index >= 15 is 0 Å². The van der Waals surface area contributed by atoms with Crippen molar-refractivity contribution in [2.24, 2.45) is 35.3 Å². The Morgan fingerprint density at radius 2 is 1.37 bits per heavy atom. The number of hydrogen-bond acceptors (Lipinski definition) is 28. The van der Waals surface area contributed by atoms with Crippen LogP contribution in [-0.2, 0) is 77.9 Å². The Kier molecular flexibility index (Phi) is 36.5. The third-order valence-electron chi connectivity index (χ3n) is 21.3. The SMILES string of the molecule is CO[C@H]1C[C@@H]2CC[C@@H](C)[C@@](O)(O2)C(=O)C(=O)N2CCCC[C@H]2C(=O)O[C@H]([C@H](N)C[C@@H]2CC[C@@H](OC(=O)NCc3cnc(N4CCN(c5ncc(C(=O)N(C)CCOCCOCCOCCOCCC(C)=O)c(N)n5)CC4)nc3)[C@H](OC)C2)C[C@@H](OC)[C@H](C)/C=C(\C)[C@@H](O)[C@@H](O)C(=O)[C@H](C)C[C@H](C)/C=C/C=CC=C1C. The van der Waals surface area contributed by atoms with Crippen LogP contribution in [0.5, 0.6) is 0 Å². The van der Waals surface area contributed by atoms with Crippen LogP contribution in [0.1, 0.15) is 148 Å². The highest BCUT2D eigenvalue weighted by Crippen LogP contribution is 2.38. The number of Topliss-reactive ketones (excluding diaryl/α,β-unsaturated/α-hetero) is 3. The lowest BCUT2D eigenvalue weighted by Gasteiger charge is -2.43. The van der Waals surface area contributed by atoms with Crippen molar-refractivity contribution in [3.8, 4) is 0 Å². The zero-order chi connectivity index (χ0) is 79.3. The molecule has 109 heavy (non-hydrogen) atoms. The van der Waals surface area contributed by atoms with Crippen LogP contribution >= 0.6 is 0 Å². The second-order valence-corrected chi connectivity index (χ2v) is 29.7. The van der Waals surface area contributed by atoms with Crippen molar-refractivity contribution >= 4 is 58.9 Å². The highest BCUT2D eigenvalue weighted by molar-refractivity contribution is 6.39. The number of piperidine rings is 1. The summed E-state index contributed by atoms with van der Waals surface area (Å²) in [4.78, 5) is 120. The summed E-state index contributed by atoms with van der Waals surface area (Å²) in [6.07, 6.45) is 12.7. The fourth-order valence-electron chi connectivity index (χ4n) is 14.5. The number of nitrogens with two attached hydrogens (primary N) is 2. The van der Waals surface area contributed by atoms with Gasteiger partial charge >= 0.3 is 12.1 Å². The summed E-state index contributed by atoms with van der Waals surface area (Å²) in [5.74, 6) is -7.38. The van der Waals surface area contributed by atoms with E-state index < -0.39 is 114 Å². The van der Waals surface area contributed by atoms with Crippen molar-refractivity contribution in [1.29, 1.82) is 0 Å². The summed E-state index contributed by atoms with van der Waals surface area (Å²) in [5, 5.41) is 37.7. The molecule has 0 radical (unpaired) electrons. The molecule has 608 valence electrons. The van der Waals surface area contributed by atoms with Crippen molar-refractivity contribution in [2.75, 3.05) is 136 Å². The number of ketones is 3. The average molecular weight is 1530 g/mol. The van der Waals surface area contributed by atoms with E-state index in [1.165, 1.54) is 37.1 Å². The molecule has 0 spiro atoms. The third kappa shape index (κ3) is 26.7. The first kappa shape index (κ1) is 88.9. The number of likely N-dealkylation sites (N-methyl/N-ethyl adjacent to an activating group) is 1. The minimum Gasteiger partial charge on any atom is -0.459 e. The molecule has 0 unspecified atom stereocenters. The second-order valence-electron chi connectivity index (χ2n) is 29.7. The first-order valence-electron chi connectivity index (χ1n) is 38.5. The normalized spacial score (nSPS) is 29.4. The van der Waals surface area contributed by atoms with E-state index in [0.29, 0.717) is 166 Å². The van der Waals surface area contributed by atoms with Gasteiger partial charge in [0.25, 0.3) is 17.6 Å². The number of nitrogens with zero attached hydrogens (tertiary/aromatic N) is 8. The topological polar surface area (TPSA) is 401 Å². The molecule has 8 N–H and O–H groups in total. The Balaban J connectivity index is 0.921. The number of piperazine rings is 1. The number of anilines is 3. The molecular weight excluding hydrogens is 1410 g/mol. The van der Waals surface area contributed by atoms with E-state index in [4.69, 9.17) is 58.8 Å². The number of aliphatic hydroxyl groups is 3. The summed E-state index contributed by atoms with van der Waals surface area (Å²) in [7, 11) is 6.24. The number of cyclic esters (lactones) is 1. The van der Waals surface area contributed by atoms with Gasteiger partial charge in [-0.1, -0.05) is 64.2 Å². The number of fused-ring (bicyclic) bond motifs is 3. The Morgan fingerprint density at radius 1 is 0.725 bits per heavy atom. The molecule has 2 aromatic rings. The van der Waals surface area contributed by atoms with Gasteiger partial charge in [-0.05, 0) is 108 Å². The second kappa shape index (κ2) is 44.7. The third-order valence-corrected chi connectivity index (χ3v) is 21.3. The maximum absolute atomic E-state index is 14.8. The van der Waals surface area contributed by atoms with Gasteiger partial charge in [0.05, 0.1) is 77.3 Å². The summed E-state index contributed by atoms with van der Waals surface area (Å²) in [6, 6.07) is -2.06. The molecule has 2 aromatic heterocycles. The minimum absolute atomic E-state index is 0.0263. The first-order chi connectivity index (χ1) is 52.2. The van der Waals surface area contributed by atoms with Gasteiger partial charge in [-0.3, -0.25) is 24.0 Å². The molecule has 16 atom stereocenters. The monoisotopic (exact) mass is 1530 g/mol. The van der Waals surface area contributed by atoms with Crippen molar-refractivity contribution < 1.29 is 96.2 Å². The molecule has 5 aliphatic rings. The van der Waals surface area contributed by atoms with E-state index in [1.54, 1.807) is 53.4 Å². The number of methoxy groups -OCH3 is 3. The number of allylic oxidation sites excluding steroid dienone is 5. The Labute approximate surface area is 641 Å². The fourth-order valence-corrected chi connectivity index (χ4v) is 14.5. The number of carbonyl (C=O) groups is 7. The lowest BCUT2D eigenvalue weighted by molar-refractivity contribution is -0.265. The van der Waals surface area contributed by atoms with Gasteiger partial charge < -0.3 is 99.1 Å². The number of aromatic nitrogens is 4. The summed E-state index contributed by atoms with van der Waals surface area (Å²) >= 11 is 0. The molecule has 1 aliphatic carbocycles. The van der Waals surface area contributed by atoms with Crippen LogP contribution in [0.15, 0.2) is 66.2 Å². The minimum atomic E-state index is -2.49. The largest absolute Gasteiger partial charge is 0.459 e. The standard InChI is InChI=1S/C78H121N11O20/c1-49-17-13-12-14-18-50(2)63(100-9)43-58-22-20-54(6)78(99,109-58)70(94)73(96)89-25-16-15-19-61(89)74(97)107-65(44-64(101-10)51(3)40-53(5)68(92)69(93)67(91)52(4)39-49)60(79)41-56-21-23-62(66(42-56)102-11)108-77(98)84-47-57-45-81-75(82-46-57)87-26-28-88(29-27-87)76-83-48-59(71(80)85-76)72(95)86(8)30-32-104-34-36-106-38-37-105-35-33-103-31-24-55(7)90/h12-14,17-18,40,45-46,48-49,51-52,54,56,58,60-66,68-69,92-93,99H,15-16,19-39,41-44,47,79H2,1-11H3,(H,84,98)(H2,80,83,85)/b14-12?,17-13+,50-18?,53-40+/t49-,51-,52-,54-,56+,58+,60-,61+,62-,63+,64-,65+,66-,68-,69+,78-/m1/s1. The predicted octanol–water partition coefficient (Wildman–Crippen LogP) is 5.20. The van der Waals surface area contributed by atoms with E-state index in [2.05, 4.69) is 25.3 Å². The molecular formula is C78H121N11O20. The van der Waals surface area contributed by atoms with E-state index in [0.717, 1.165) is 5.57 Å². The molecule has 1 saturated carbocycles. The van der Waals surface area contributed by atoms with Crippen molar-refractivity contribution in [1.82, 2.24) is 35.1 Å². The number of nitrogens with one attached hydrogen (secondary N) is 1. The van der Waals surface area contributed by atoms with Crippen LogP contribution in [0.25, 0.3) is 0 Å². The number of esters is 1. The molecule has 3 amide bonds. The average Bonchev–Trinajstić information content (AvgIpc) is 0.774. The molecule has 4 aliphatic heterocycles. The fraction of sp³-hybridized carbons (Fsp3) is 0.705. The molecule has 4 fully saturated rings. The maximum Gasteiger partial charge on any atom is 0.407 e. The van der Waals surface area contributed by atoms with Crippen molar-refractivity contribution in [2.45, 2.75) is 205 Å². The highest BCUT2D eigenvalue weighted by atomic mass is 16.6. The number of rotatable bonds is 27. The number of nitrogen functional groups attached to an aromatic ring is 1. The molecule has 2 bridgehead atoms. The van der Waals surface area contributed by atoms with Crippen LogP contribution in [0.4, 0.5) is 22.5 Å². The molecule has 0 aromatic carbocycles. The molecule has 31 heteroatoms. The van der Waals surface area contributed by atoms with Crippen LogP contribution in [0, 0.1) is 29.6 Å². The van der Waals surface area contributed by atoms with Crippen LogP contribution in [0.3, 0.4) is 0 Å². The van der Waals surface area contributed by atoms with E-state index in [-0.39, 0.29) is 73.9 Å². The van der Waals surface area contributed by atoms with Gasteiger partial charge in [0, 0.05) is 141 Å². The number of alkyl carbamates (subject to hydrolysis) is 1. The number of aliphatic hydroxyl groups excluding tert-OH is 2. The summed E-state index contributed by atoms with van der Waals surface area (Å²) in [6.45, 7) is 17.8. The lowest BCUT2D eigenvalue weighted by atomic mass is 9.80. The summed E-state index contributed by atoms with van der Waals surface area (Å²) < 4.78 is 58.5. The maximum atomic E-state index is 14.8. The quantitative estimate of drug-likeness (QED) is 0.0289. The van der Waals surface area contributed by atoms with Gasteiger partial charge in [0.2, 0.25) is 17.7 Å². The lowest BCUT2D eigenvalue weighted by Crippen LogP contribution is -2.61. The molecule has 7 rings (SSSR count). The van der Waals surface area contributed by atoms with E-state index in [1.807, 2.05) is 61.0 Å². The Morgan fingerprint density at radius 3 is 2.01 bits per heavy atom. The van der Waals surface area contributed by atoms with Gasteiger partial charge in [-0.15, -0.1) is 0 Å². The van der Waals surface area contributed by atoms with E-state index in [9.17, 15) is 48.9 Å². The number of ether oxygens (including phenoxy) is 10. The molecule has 3 saturated heterocycles. The number of carbonyl (C=O) groups excluding carboxylic acids is 7. The van der Waals surface area contributed by atoms with Gasteiger partial charge in [0.1, 0.15) is 47.6 Å². The zero-order valence-corrected chi connectivity index (χ0v) is 65.7. The van der Waals surface area contributed by atoms with Gasteiger partial charge in [0.15, 0.2) is 5.78 Å². The number of amides is 3. The van der Waals surface area contributed by atoms with Crippen molar-refractivity contribution in [3.63, 3.8) is 0 Å². The Hall–Kier alpha value is -7.27. The van der Waals surface area contributed by atoms with Crippen LogP contribution in [-0.4, -0.2) is 273 Å². The molecule has 31 nitrogen and oxygen atoms in total. The summed E-state index contributed by atoms with van der Waals surface area (Å²) in [5.41, 5.74) is 15.5. The zero-order valence-electron chi connectivity index (χ0n) is 65.7. The van der Waals surface area contributed by atoms with Crippen LogP contribution in [0.2, 0.25) is 0 Å². The van der Waals surface area contributed by atoms with Crippen LogP contribution < -0.4 is 26.6 Å². The van der Waals surface area contributed by atoms with Gasteiger partial charge in [-0.25, -0.2) is 24.5 Å². The number of hydrogen-bond donors (Lipinski definition) is 6. The Bertz CT molecular complexity index is 3380.